The van der Waals surface area contributed by atoms with Crippen LogP contribution in [0.3, 0.4) is 0 Å². The summed E-state index contributed by atoms with van der Waals surface area (Å²) in [6.45, 7) is 1.93. The van der Waals surface area contributed by atoms with Crippen molar-refractivity contribution in [3.63, 3.8) is 0 Å². The van der Waals surface area contributed by atoms with Crippen molar-refractivity contribution in [3.8, 4) is 0 Å². The number of nitrogens with one attached hydrogen (secondary N) is 2. The molecule has 11 nitrogen and oxygen atoms in total. The van der Waals surface area contributed by atoms with Crippen molar-refractivity contribution < 1.29 is 36.2 Å². The minimum Gasteiger partial charge on any atom is -0.511 e. The Morgan fingerprint density at radius 1 is 1.20 bits per heavy atom. The third kappa shape index (κ3) is 4.08. The van der Waals surface area contributed by atoms with Gasteiger partial charge in [-0.05, 0) is 67.5 Å². The first-order valence-electron chi connectivity index (χ1n) is 12.6. The van der Waals surface area contributed by atoms with Crippen LogP contribution in [0.25, 0.3) is 0 Å². The number of fused-ring (bicyclic) bond motifs is 6. The first kappa shape index (κ1) is 26.7. The van der Waals surface area contributed by atoms with E-state index in [4.69, 9.17) is 0 Å². The molecule has 2 saturated carbocycles. The number of carbonyl (C=O) groups excluding carboxylic acids is 1. The molecule has 2 aliphatic carbocycles. The van der Waals surface area contributed by atoms with Crippen molar-refractivity contribution in [2.75, 3.05) is 16.3 Å². The molecule has 212 valence electrons. The van der Waals surface area contributed by atoms with E-state index in [0.29, 0.717) is 18.4 Å². The lowest BCUT2D eigenvalue weighted by Gasteiger charge is -2.53. The lowest BCUT2D eigenvalue weighted by Crippen LogP contribution is -2.63. The van der Waals surface area contributed by atoms with Crippen molar-refractivity contribution in [1.82, 2.24) is 4.90 Å². The molecule has 2 aromatic rings. The summed E-state index contributed by atoms with van der Waals surface area (Å²) in [4.78, 5) is 15.4. The zero-order chi connectivity index (χ0) is 28.8. The fourth-order valence-corrected chi connectivity index (χ4v) is 8.54. The van der Waals surface area contributed by atoms with Gasteiger partial charge in [-0.15, -0.1) is 4.40 Å². The Kier molecular flexibility index (Phi) is 5.85. The standard InChI is InChI=1S/C26H27FN4O7S2/c1-26-14-9-17(19(32)10-14)22(26)23(33)21(25(34)31(26)12-13-3-5-15(27)6-4-13)24-28-18-8-7-16(29-39(2,35)36)11-20(18)40(37,38)30-24/h3-8,11,14,17,19,22,29,32-33H,9-10,12H2,1-2H3,(H,28,30)/t14-,17+,19?,22-,26-/m0/s1. The maximum Gasteiger partial charge on any atom is 0.286 e. The first-order chi connectivity index (χ1) is 18.7. The zero-order valence-corrected chi connectivity index (χ0v) is 23.1. The Hall–Kier alpha value is -3.49. The highest BCUT2D eigenvalue weighted by atomic mass is 32.2. The van der Waals surface area contributed by atoms with E-state index in [1.807, 2.05) is 6.92 Å². The fraction of sp³-hybridized carbons (Fsp3) is 0.385. The summed E-state index contributed by atoms with van der Waals surface area (Å²) >= 11 is 0. The number of benzene rings is 2. The van der Waals surface area contributed by atoms with Gasteiger partial charge in [0, 0.05) is 18.2 Å². The van der Waals surface area contributed by atoms with Gasteiger partial charge in [0.1, 0.15) is 22.0 Å². The number of amidine groups is 1. The van der Waals surface area contributed by atoms with E-state index in [1.54, 1.807) is 17.0 Å². The molecule has 5 atom stereocenters. The van der Waals surface area contributed by atoms with Gasteiger partial charge in [0.05, 0.1) is 23.6 Å². The van der Waals surface area contributed by atoms with Gasteiger partial charge in [0.15, 0.2) is 5.84 Å². The molecule has 4 aliphatic rings. The molecular weight excluding hydrogens is 563 g/mol. The Balaban J connectivity index is 1.45. The van der Waals surface area contributed by atoms with Gasteiger partial charge in [-0.25, -0.2) is 12.8 Å². The Morgan fingerprint density at radius 2 is 1.90 bits per heavy atom. The first-order valence-corrected chi connectivity index (χ1v) is 15.9. The quantitative estimate of drug-likeness (QED) is 0.412. The smallest absolute Gasteiger partial charge is 0.286 e. The molecule has 14 heteroatoms. The molecule has 40 heavy (non-hydrogen) atoms. The third-order valence-electron chi connectivity index (χ3n) is 8.57. The Bertz CT molecular complexity index is 1720. The van der Waals surface area contributed by atoms with E-state index in [2.05, 4.69) is 14.4 Å². The van der Waals surface area contributed by atoms with Crippen molar-refractivity contribution in [2.45, 2.75) is 42.8 Å². The van der Waals surface area contributed by atoms with Crippen LogP contribution in [-0.4, -0.2) is 61.6 Å². The fourth-order valence-electron chi connectivity index (χ4n) is 6.84. The molecule has 0 saturated heterocycles. The van der Waals surface area contributed by atoms with Crippen LogP contribution >= 0.6 is 0 Å². The van der Waals surface area contributed by atoms with Crippen LogP contribution in [0.5, 0.6) is 0 Å². The van der Waals surface area contributed by atoms with Gasteiger partial charge in [-0.2, -0.15) is 8.42 Å². The number of sulfonamides is 2. The number of carbonyl (C=O) groups is 1. The summed E-state index contributed by atoms with van der Waals surface area (Å²) in [6.07, 6.45) is 1.26. The monoisotopic (exact) mass is 590 g/mol. The van der Waals surface area contributed by atoms with Gasteiger partial charge in [0.25, 0.3) is 15.9 Å². The van der Waals surface area contributed by atoms with E-state index in [1.165, 1.54) is 24.3 Å². The lowest BCUT2D eigenvalue weighted by molar-refractivity contribution is -0.144. The van der Waals surface area contributed by atoms with E-state index in [0.717, 1.165) is 12.3 Å². The summed E-state index contributed by atoms with van der Waals surface area (Å²) in [5.74, 6) is -2.94. The zero-order valence-electron chi connectivity index (χ0n) is 21.5. The maximum absolute atomic E-state index is 14.1. The average molecular weight is 591 g/mol. The summed E-state index contributed by atoms with van der Waals surface area (Å²) < 4.78 is 69.3. The highest BCUT2D eigenvalue weighted by molar-refractivity contribution is 7.92. The second-order valence-corrected chi connectivity index (χ2v) is 14.3. The highest BCUT2D eigenvalue weighted by Crippen LogP contribution is 2.61. The molecular formula is C26H27FN4O7S2. The number of nitrogens with zero attached hydrogens (tertiary/aromatic N) is 2. The number of anilines is 2. The highest BCUT2D eigenvalue weighted by Gasteiger charge is 2.66. The van der Waals surface area contributed by atoms with Crippen LogP contribution in [0.1, 0.15) is 25.3 Å². The Labute approximate surface area is 230 Å². The summed E-state index contributed by atoms with van der Waals surface area (Å²) in [6, 6.07) is 9.48. The molecule has 2 bridgehead atoms. The van der Waals surface area contributed by atoms with Crippen molar-refractivity contribution in [2.24, 2.45) is 22.2 Å². The van der Waals surface area contributed by atoms with Crippen LogP contribution in [0, 0.1) is 23.6 Å². The van der Waals surface area contributed by atoms with Gasteiger partial charge < -0.3 is 20.4 Å². The number of hydrogen-bond acceptors (Lipinski definition) is 8. The maximum atomic E-state index is 14.1. The molecule has 2 fully saturated rings. The normalized spacial score (nSPS) is 30.4. The molecule has 4 N–H and O–H groups in total. The van der Waals surface area contributed by atoms with E-state index < -0.39 is 49.3 Å². The molecule has 2 aromatic carbocycles. The van der Waals surface area contributed by atoms with Crippen LogP contribution in [0.4, 0.5) is 15.8 Å². The molecule has 6 rings (SSSR count). The van der Waals surface area contributed by atoms with E-state index >= 15 is 0 Å². The molecule has 1 amide bonds. The minimum absolute atomic E-state index is 0.0123. The molecule has 1 unspecified atom stereocenters. The van der Waals surface area contributed by atoms with E-state index in [9.17, 15) is 36.2 Å². The van der Waals surface area contributed by atoms with Gasteiger partial charge in [0.2, 0.25) is 10.0 Å². The van der Waals surface area contributed by atoms with E-state index in [-0.39, 0.29) is 51.8 Å². The topological polar surface area (TPSA) is 165 Å². The van der Waals surface area contributed by atoms with Crippen molar-refractivity contribution in [1.29, 1.82) is 0 Å². The third-order valence-corrected chi connectivity index (χ3v) is 10.5. The number of hydrogen-bond donors (Lipinski definition) is 4. The van der Waals surface area contributed by atoms with Crippen molar-refractivity contribution >= 4 is 43.2 Å². The predicted octanol–water partition coefficient (Wildman–Crippen LogP) is 2.34. The molecule has 0 radical (unpaired) electrons. The second kappa shape index (κ2) is 8.75. The lowest BCUT2D eigenvalue weighted by atomic mass is 9.67. The van der Waals surface area contributed by atoms with Gasteiger partial charge in [-0.3, -0.25) is 9.52 Å². The predicted molar refractivity (Wildman–Crippen MR) is 144 cm³/mol. The number of halogens is 1. The number of aliphatic hydroxyl groups excluding tert-OH is 2. The minimum atomic E-state index is -4.42. The van der Waals surface area contributed by atoms with Crippen LogP contribution in [-0.2, 0) is 31.4 Å². The molecule has 2 aliphatic heterocycles. The van der Waals surface area contributed by atoms with Crippen LogP contribution in [0.2, 0.25) is 0 Å². The Morgan fingerprint density at radius 3 is 2.58 bits per heavy atom. The molecule has 2 heterocycles. The van der Waals surface area contributed by atoms with Crippen LogP contribution in [0.15, 0.2) is 63.1 Å². The summed E-state index contributed by atoms with van der Waals surface area (Å²) in [7, 11) is -8.10. The van der Waals surface area contributed by atoms with Crippen molar-refractivity contribution in [3.05, 3.63) is 65.2 Å². The SMILES string of the molecule is C[C@]12[C@@H]3CC(O)[C@@H](C3)[C@H]1C(O)=C(C1=NS(=O)(=O)c3cc(NS(C)(=O)=O)ccc3N1)C(=O)N2Cc1ccc(F)cc1. The summed E-state index contributed by atoms with van der Waals surface area (Å²) in [5.41, 5.74) is -0.499. The largest absolute Gasteiger partial charge is 0.511 e. The van der Waals surface area contributed by atoms with Gasteiger partial charge in [-0.1, -0.05) is 12.1 Å². The second-order valence-electron chi connectivity index (χ2n) is 11.0. The molecule has 0 spiro atoms. The summed E-state index contributed by atoms with van der Waals surface area (Å²) in [5, 5.41) is 25.1. The number of aliphatic hydroxyl groups is 2. The average Bonchev–Trinajstić information content (AvgIpc) is 3.37. The number of amides is 1. The van der Waals surface area contributed by atoms with Gasteiger partial charge >= 0.3 is 0 Å². The van der Waals surface area contributed by atoms with Crippen LogP contribution < -0.4 is 10.0 Å². The number of rotatable bonds is 5. The molecule has 0 aromatic heterocycles.